The van der Waals surface area contributed by atoms with Gasteiger partial charge in [-0.15, -0.1) is 0 Å². The van der Waals surface area contributed by atoms with Crippen LogP contribution in [0.5, 0.6) is 0 Å². The quantitative estimate of drug-likeness (QED) is 0.660. The second-order valence-electron chi connectivity index (χ2n) is 3.62. The fraction of sp³-hybridized carbons (Fsp3) is 0.400. The Morgan fingerprint density at radius 2 is 1.40 bits per heavy atom. The lowest BCUT2D eigenvalue weighted by atomic mass is 10.3. The van der Waals surface area contributed by atoms with E-state index in [1.165, 1.54) is 0 Å². The Balaban J connectivity index is 1.95. The molecule has 2 heterocycles. The van der Waals surface area contributed by atoms with Crippen molar-refractivity contribution in [3.63, 3.8) is 0 Å². The number of carbonyl (C=O) groups is 2. The van der Waals surface area contributed by atoms with Gasteiger partial charge in [-0.3, -0.25) is 9.59 Å². The molecule has 0 saturated carbocycles. The Kier molecular flexibility index (Phi) is 2.32. The molecular weight excluding hydrogens is 196 g/mol. The minimum atomic E-state index is -0.454. The van der Waals surface area contributed by atoms with Crippen molar-refractivity contribution in [3.8, 4) is 0 Å². The number of carbonyl (C=O) groups excluding carboxylic acids is 2. The van der Waals surface area contributed by atoms with Crippen LogP contribution in [-0.4, -0.2) is 24.3 Å². The number of hydrogen-bond donors (Lipinski definition) is 2. The zero-order valence-corrected chi connectivity index (χ0v) is 8.53. The summed E-state index contributed by atoms with van der Waals surface area (Å²) in [6.07, 6.45) is 2.47. The van der Waals surface area contributed by atoms with Crippen LogP contribution in [0, 0.1) is 0 Å². The van der Waals surface area contributed by atoms with Crippen LogP contribution in [0.25, 0.3) is 0 Å². The van der Waals surface area contributed by atoms with E-state index in [0.717, 1.165) is 0 Å². The summed E-state index contributed by atoms with van der Waals surface area (Å²) < 4.78 is 5.44. The molecule has 5 nitrogen and oxygen atoms in total. The van der Waals surface area contributed by atoms with Crippen LogP contribution in [0.2, 0.25) is 0 Å². The van der Waals surface area contributed by atoms with Crippen molar-refractivity contribution in [1.82, 2.24) is 10.6 Å². The van der Waals surface area contributed by atoms with Crippen LogP contribution >= 0.6 is 0 Å². The van der Waals surface area contributed by atoms with Gasteiger partial charge in [0, 0.05) is 11.1 Å². The van der Waals surface area contributed by atoms with E-state index in [9.17, 15) is 9.59 Å². The molecule has 0 aromatic rings. The van der Waals surface area contributed by atoms with E-state index in [1.54, 1.807) is 26.0 Å². The average Bonchev–Trinajstić information content (AvgIpc) is 2.59. The Hall–Kier alpha value is -1.62. The molecule has 0 aliphatic carbocycles. The lowest BCUT2D eigenvalue weighted by molar-refractivity contribution is -0.121. The molecule has 15 heavy (non-hydrogen) atoms. The summed E-state index contributed by atoms with van der Waals surface area (Å²) in [7, 11) is 0. The fourth-order valence-electron chi connectivity index (χ4n) is 1.48. The van der Waals surface area contributed by atoms with E-state index < -0.39 is 12.5 Å². The Morgan fingerprint density at radius 1 is 1.00 bits per heavy atom. The van der Waals surface area contributed by atoms with Crippen molar-refractivity contribution >= 4 is 11.8 Å². The highest BCUT2D eigenvalue weighted by molar-refractivity contribution is 5.96. The van der Waals surface area contributed by atoms with Crippen LogP contribution < -0.4 is 10.6 Å². The first kappa shape index (κ1) is 9.92. The van der Waals surface area contributed by atoms with E-state index in [0.29, 0.717) is 11.1 Å². The predicted octanol–water partition coefficient (Wildman–Crippen LogP) is -0.193. The van der Waals surface area contributed by atoms with Gasteiger partial charge >= 0.3 is 0 Å². The maximum atomic E-state index is 11.1. The van der Waals surface area contributed by atoms with E-state index in [1.807, 2.05) is 0 Å². The molecule has 0 saturated heterocycles. The zero-order valence-electron chi connectivity index (χ0n) is 8.53. The molecule has 0 spiro atoms. The number of hydrogen-bond acceptors (Lipinski definition) is 3. The summed E-state index contributed by atoms with van der Waals surface area (Å²) in [4.78, 5) is 22.2. The molecule has 0 aromatic carbocycles. The van der Waals surface area contributed by atoms with Gasteiger partial charge < -0.3 is 15.4 Å². The van der Waals surface area contributed by atoms with Crippen molar-refractivity contribution in [2.45, 2.75) is 26.3 Å². The molecule has 2 N–H and O–H groups in total. The van der Waals surface area contributed by atoms with E-state index in [-0.39, 0.29) is 11.8 Å². The van der Waals surface area contributed by atoms with Gasteiger partial charge in [-0.2, -0.15) is 0 Å². The van der Waals surface area contributed by atoms with E-state index >= 15 is 0 Å². The maximum absolute atomic E-state index is 11.1. The molecular formula is C10H12N2O3. The fourth-order valence-corrected chi connectivity index (χ4v) is 1.48. The van der Waals surface area contributed by atoms with Crippen LogP contribution in [0.15, 0.2) is 23.3 Å². The van der Waals surface area contributed by atoms with Crippen LogP contribution in [0.1, 0.15) is 13.8 Å². The van der Waals surface area contributed by atoms with Crippen LogP contribution in [-0.2, 0) is 14.3 Å². The van der Waals surface area contributed by atoms with Crippen molar-refractivity contribution < 1.29 is 14.3 Å². The summed E-state index contributed by atoms with van der Waals surface area (Å²) in [5, 5.41) is 5.25. The van der Waals surface area contributed by atoms with Gasteiger partial charge in [0.25, 0.3) is 0 Å². The zero-order chi connectivity index (χ0) is 11.0. The van der Waals surface area contributed by atoms with Crippen LogP contribution in [0.4, 0.5) is 0 Å². The molecule has 0 bridgehead atoms. The topological polar surface area (TPSA) is 67.4 Å². The Labute approximate surface area is 87.2 Å². The minimum Gasteiger partial charge on any atom is -0.328 e. The smallest absolute Gasteiger partial charge is 0.248 e. The molecule has 80 valence electrons. The first-order chi connectivity index (χ1) is 7.06. The van der Waals surface area contributed by atoms with Gasteiger partial charge in [-0.05, 0) is 26.0 Å². The van der Waals surface area contributed by atoms with Crippen molar-refractivity contribution in [3.05, 3.63) is 23.3 Å². The molecule has 0 fully saturated rings. The van der Waals surface area contributed by atoms with Crippen LogP contribution in [0.3, 0.4) is 0 Å². The molecule has 2 unspecified atom stereocenters. The lowest BCUT2D eigenvalue weighted by Gasteiger charge is -2.15. The molecule has 2 atom stereocenters. The highest BCUT2D eigenvalue weighted by Gasteiger charge is 2.26. The highest BCUT2D eigenvalue weighted by atomic mass is 16.5. The molecule has 2 rings (SSSR count). The third-order valence-corrected chi connectivity index (χ3v) is 2.36. The SMILES string of the molecule is CC1=CC(OC2C=C(C)C(=O)N2)NC1=O. The molecule has 2 amide bonds. The van der Waals surface area contributed by atoms with Gasteiger partial charge in [0.2, 0.25) is 11.8 Å². The van der Waals surface area contributed by atoms with Crippen molar-refractivity contribution in [1.29, 1.82) is 0 Å². The molecule has 2 aliphatic rings. The normalized spacial score (nSPS) is 29.7. The first-order valence-corrected chi connectivity index (χ1v) is 4.70. The third kappa shape index (κ3) is 1.92. The molecule has 5 heteroatoms. The second kappa shape index (κ2) is 3.51. The van der Waals surface area contributed by atoms with E-state index in [2.05, 4.69) is 10.6 Å². The predicted molar refractivity (Wildman–Crippen MR) is 52.5 cm³/mol. The average molecular weight is 208 g/mol. The Bertz CT molecular complexity index is 348. The standard InChI is InChI=1S/C10H12N2O3/c1-5-3-7(11-9(5)13)15-8-4-6(2)10(14)12-8/h3-4,7-8H,1-2H3,(H,11,13)(H,12,14). The molecule has 2 aliphatic heterocycles. The molecule has 0 aromatic heterocycles. The van der Waals surface area contributed by atoms with E-state index in [4.69, 9.17) is 4.74 Å². The summed E-state index contributed by atoms with van der Waals surface area (Å²) in [5.74, 6) is -0.268. The number of amides is 2. The molecule has 0 radical (unpaired) electrons. The van der Waals surface area contributed by atoms with Gasteiger partial charge in [0.05, 0.1) is 0 Å². The second-order valence-corrected chi connectivity index (χ2v) is 3.62. The lowest BCUT2D eigenvalue weighted by Crippen LogP contribution is -2.38. The van der Waals surface area contributed by atoms with Crippen molar-refractivity contribution in [2.75, 3.05) is 0 Å². The minimum absolute atomic E-state index is 0.134. The van der Waals surface area contributed by atoms with Gasteiger partial charge in [0.1, 0.15) is 0 Å². The monoisotopic (exact) mass is 208 g/mol. The number of nitrogens with one attached hydrogen (secondary N) is 2. The first-order valence-electron chi connectivity index (χ1n) is 4.70. The van der Waals surface area contributed by atoms with Crippen molar-refractivity contribution in [2.24, 2.45) is 0 Å². The summed E-state index contributed by atoms with van der Waals surface area (Å²) in [6.45, 7) is 3.43. The number of rotatable bonds is 2. The highest BCUT2D eigenvalue weighted by Crippen LogP contribution is 2.13. The summed E-state index contributed by atoms with van der Waals surface area (Å²) in [6, 6.07) is 0. The summed E-state index contributed by atoms with van der Waals surface area (Å²) >= 11 is 0. The van der Waals surface area contributed by atoms with Gasteiger partial charge in [0.15, 0.2) is 12.5 Å². The Morgan fingerprint density at radius 3 is 1.67 bits per heavy atom. The number of ether oxygens (including phenoxy) is 1. The van der Waals surface area contributed by atoms with Gasteiger partial charge in [-0.25, -0.2) is 0 Å². The maximum Gasteiger partial charge on any atom is 0.248 e. The third-order valence-electron chi connectivity index (χ3n) is 2.36. The summed E-state index contributed by atoms with van der Waals surface area (Å²) in [5.41, 5.74) is 1.26. The van der Waals surface area contributed by atoms with Gasteiger partial charge in [-0.1, -0.05) is 0 Å². The largest absolute Gasteiger partial charge is 0.328 e.